The molecule has 0 amide bonds. The van der Waals surface area contributed by atoms with Crippen molar-refractivity contribution in [3.63, 3.8) is 0 Å². The molecule has 1 aliphatic carbocycles. The topological polar surface area (TPSA) is 48.9 Å². The molecule has 1 aromatic rings. The van der Waals surface area contributed by atoms with Crippen LogP contribution in [0.5, 0.6) is 0 Å². The fraction of sp³-hybridized carbons (Fsp3) is 0.556. The first-order chi connectivity index (χ1) is 7.38. The number of hydrogen-bond donors (Lipinski definition) is 2. The van der Waals surface area contributed by atoms with Crippen LogP contribution >= 0.6 is 12.2 Å². The second-order valence-corrected chi connectivity index (χ2v) is 4.20. The third-order valence-electron chi connectivity index (χ3n) is 2.71. The number of nitrogens with zero attached hydrogens (tertiary/aromatic N) is 1. The number of fused-ring (bicyclic) bond motifs is 1. The van der Waals surface area contributed by atoms with E-state index in [1.165, 1.54) is 6.20 Å². The van der Waals surface area contributed by atoms with E-state index in [2.05, 4.69) is 9.97 Å². The van der Waals surface area contributed by atoms with Crippen molar-refractivity contribution in [2.75, 3.05) is 0 Å². The van der Waals surface area contributed by atoms with Crippen LogP contribution in [-0.4, -0.2) is 21.3 Å². The van der Waals surface area contributed by atoms with Gasteiger partial charge >= 0.3 is 6.18 Å². The molecule has 3 nitrogen and oxygen atoms in total. The van der Waals surface area contributed by atoms with Gasteiger partial charge in [-0.3, -0.25) is 0 Å². The number of aromatic nitrogens is 2. The summed E-state index contributed by atoms with van der Waals surface area (Å²) in [5, 5.41) is 9.59. The van der Waals surface area contributed by atoms with Crippen molar-refractivity contribution in [3.05, 3.63) is 22.2 Å². The summed E-state index contributed by atoms with van der Waals surface area (Å²) in [4.78, 5) is 6.35. The van der Waals surface area contributed by atoms with Crippen LogP contribution in [0.3, 0.4) is 0 Å². The van der Waals surface area contributed by atoms with Gasteiger partial charge in [0.25, 0.3) is 0 Å². The molecule has 88 valence electrons. The highest BCUT2D eigenvalue weighted by molar-refractivity contribution is 7.71. The van der Waals surface area contributed by atoms with Crippen LogP contribution in [0.15, 0.2) is 6.20 Å². The number of halogens is 3. The van der Waals surface area contributed by atoms with Crippen molar-refractivity contribution >= 4 is 12.2 Å². The molecule has 0 aliphatic heterocycles. The van der Waals surface area contributed by atoms with Crippen LogP contribution in [0.2, 0.25) is 0 Å². The standard InChI is InChI=1S/C9H9F3N2OS/c10-9(11,12)4-1-6-5(7(15)2-4)3-13-8(16)14-6/h3-4,7,15H,1-2H2,(H,13,14,16). The van der Waals surface area contributed by atoms with E-state index in [4.69, 9.17) is 12.2 Å². The zero-order valence-corrected chi connectivity index (χ0v) is 8.90. The van der Waals surface area contributed by atoms with Crippen molar-refractivity contribution < 1.29 is 18.3 Å². The highest BCUT2D eigenvalue weighted by Crippen LogP contribution is 2.40. The first kappa shape index (κ1) is 11.5. The molecule has 0 bridgehead atoms. The van der Waals surface area contributed by atoms with Gasteiger partial charge in [-0.2, -0.15) is 13.2 Å². The zero-order chi connectivity index (χ0) is 11.9. The maximum absolute atomic E-state index is 12.5. The fourth-order valence-electron chi connectivity index (χ4n) is 1.87. The Hall–Kier alpha value is -0.950. The maximum Gasteiger partial charge on any atom is 0.392 e. The van der Waals surface area contributed by atoms with Crippen LogP contribution in [0, 0.1) is 10.7 Å². The molecular weight excluding hydrogens is 241 g/mol. The van der Waals surface area contributed by atoms with E-state index in [1.807, 2.05) is 0 Å². The SMILES string of the molecule is OC1CC(C(F)(F)F)Cc2[nH]c(=S)ncc21. The molecular formula is C9H9F3N2OS. The molecule has 0 spiro atoms. The first-order valence-corrected chi connectivity index (χ1v) is 5.11. The van der Waals surface area contributed by atoms with Gasteiger partial charge in [-0.1, -0.05) is 0 Å². The number of aliphatic hydroxyl groups excluding tert-OH is 1. The van der Waals surface area contributed by atoms with E-state index in [-0.39, 0.29) is 17.6 Å². The molecule has 16 heavy (non-hydrogen) atoms. The molecule has 0 fully saturated rings. The molecule has 1 aromatic heterocycles. The fourth-order valence-corrected chi connectivity index (χ4v) is 2.05. The Morgan fingerprint density at radius 2 is 2.19 bits per heavy atom. The van der Waals surface area contributed by atoms with Gasteiger partial charge in [0.05, 0.1) is 12.0 Å². The Bertz CT molecular complexity index is 457. The summed E-state index contributed by atoms with van der Waals surface area (Å²) in [6, 6.07) is 0. The molecule has 2 N–H and O–H groups in total. The lowest BCUT2D eigenvalue weighted by molar-refractivity contribution is -0.184. The number of aliphatic hydroxyl groups is 1. The van der Waals surface area contributed by atoms with E-state index in [0.717, 1.165) is 0 Å². The Morgan fingerprint density at radius 3 is 2.81 bits per heavy atom. The van der Waals surface area contributed by atoms with E-state index in [1.54, 1.807) is 0 Å². The van der Waals surface area contributed by atoms with Crippen LogP contribution in [0.4, 0.5) is 13.2 Å². The van der Waals surface area contributed by atoms with E-state index < -0.39 is 18.2 Å². The largest absolute Gasteiger partial charge is 0.392 e. The molecule has 0 saturated carbocycles. The van der Waals surface area contributed by atoms with Crippen LogP contribution < -0.4 is 0 Å². The summed E-state index contributed by atoms with van der Waals surface area (Å²) < 4.78 is 37.8. The van der Waals surface area contributed by atoms with Crippen LogP contribution in [0.1, 0.15) is 23.8 Å². The van der Waals surface area contributed by atoms with Gasteiger partial charge in [0, 0.05) is 17.5 Å². The first-order valence-electron chi connectivity index (χ1n) is 4.71. The number of rotatable bonds is 0. The number of hydrogen-bond acceptors (Lipinski definition) is 3. The van der Waals surface area contributed by atoms with Gasteiger partial charge in [-0.25, -0.2) is 4.98 Å². The van der Waals surface area contributed by atoms with Crippen molar-refractivity contribution in [2.24, 2.45) is 5.92 Å². The minimum Gasteiger partial charge on any atom is -0.388 e. The van der Waals surface area contributed by atoms with E-state index >= 15 is 0 Å². The lowest BCUT2D eigenvalue weighted by Crippen LogP contribution is -2.31. The lowest BCUT2D eigenvalue weighted by Gasteiger charge is -2.29. The predicted octanol–water partition coefficient (Wildman–Crippen LogP) is 2.30. The summed E-state index contributed by atoms with van der Waals surface area (Å²) in [7, 11) is 0. The minimum absolute atomic E-state index is 0.133. The summed E-state index contributed by atoms with van der Waals surface area (Å²) in [6.07, 6.45) is -4.58. The number of nitrogens with one attached hydrogen (secondary N) is 1. The second-order valence-electron chi connectivity index (χ2n) is 3.82. The normalized spacial score (nSPS) is 25.2. The summed E-state index contributed by atoms with van der Waals surface area (Å²) in [5.41, 5.74) is 0.746. The highest BCUT2D eigenvalue weighted by Gasteiger charge is 2.43. The van der Waals surface area contributed by atoms with Crippen molar-refractivity contribution in [3.8, 4) is 0 Å². The third kappa shape index (κ3) is 2.10. The second kappa shape index (κ2) is 3.81. The van der Waals surface area contributed by atoms with Crippen molar-refractivity contribution in [1.82, 2.24) is 9.97 Å². The number of H-pyrrole nitrogens is 1. The quantitative estimate of drug-likeness (QED) is 0.694. The van der Waals surface area contributed by atoms with Gasteiger partial charge < -0.3 is 10.1 Å². The molecule has 1 aliphatic rings. The molecule has 1 heterocycles. The Balaban J connectivity index is 2.38. The third-order valence-corrected chi connectivity index (χ3v) is 2.91. The Labute approximate surface area is 94.3 Å². The predicted molar refractivity (Wildman–Crippen MR) is 52.2 cm³/mol. The van der Waals surface area contributed by atoms with Crippen LogP contribution in [-0.2, 0) is 6.42 Å². The molecule has 0 saturated heterocycles. The van der Waals surface area contributed by atoms with Gasteiger partial charge in [-0.15, -0.1) is 0 Å². The lowest BCUT2D eigenvalue weighted by atomic mass is 9.85. The maximum atomic E-state index is 12.5. The number of aromatic amines is 1. The van der Waals surface area contributed by atoms with E-state index in [9.17, 15) is 18.3 Å². The molecule has 0 radical (unpaired) electrons. The Morgan fingerprint density at radius 1 is 1.50 bits per heavy atom. The minimum atomic E-state index is -4.29. The summed E-state index contributed by atoms with van der Waals surface area (Å²) >= 11 is 4.74. The molecule has 2 rings (SSSR count). The van der Waals surface area contributed by atoms with E-state index in [0.29, 0.717) is 11.3 Å². The molecule has 2 unspecified atom stereocenters. The summed E-state index contributed by atoms with van der Waals surface area (Å²) in [5.74, 6) is -1.52. The van der Waals surface area contributed by atoms with Crippen LogP contribution in [0.25, 0.3) is 0 Å². The average molecular weight is 250 g/mol. The molecule has 2 atom stereocenters. The zero-order valence-electron chi connectivity index (χ0n) is 8.08. The summed E-state index contributed by atoms with van der Waals surface area (Å²) in [6.45, 7) is 0. The Kier molecular flexibility index (Phi) is 2.75. The van der Waals surface area contributed by atoms with Gasteiger partial charge in [0.1, 0.15) is 0 Å². The number of alkyl halides is 3. The highest BCUT2D eigenvalue weighted by atomic mass is 32.1. The molecule has 7 heteroatoms. The van der Waals surface area contributed by atoms with Gasteiger partial charge in [0.15, 0.2) is 4.77 Å². The smallest absolute Gasteiger partial charge is 0.388 e. The average Bonchev–Trinajstić information content (AvgIpc) is 2.15. The van der Waals surface area contributed by atoms with Gasteiger partial charge in [0.2, 0.25) is 0 Å². The van der Waals surface area contributed by atoms with Crippen molar-refractivity contribution in [2.45, 2.75) is 25.1 Å². The van der Waals surface area contributed by atoms with Crippen molar-refractivity contribution in [1.29, 1.82) is 0 Å². The molecule has 0 aromatic carbocycles. The van der Waals surface area contributed by atoms with Gasteiger partial charge in [-0.05, 0) is 25.1 Å². The monoisotopic (exact) mass is 250 g/mol.